The Morgan fingerprint density at radius 2 is 0.971 bits per heavy atom. The van der Waals surface area contributed by atoms with Crippen LogP contribution < -0.4 is 10.6 Å². The maximum absolute atomic E-state index is 13.9. The highest BCUT2D eigenvalue weighted by Crippen LogP contribution is 2.62. The molecule has 2 N–H and O–H groups in total. The number of carbonyl (C=O) groups excluding carboxylic acids is 2. The summed E-state index contributed by atoms with van der Waals surface area (Å²) in [5.74, 6) is 6.28. The van der Waals surface area contributed by atoms with Crippen molar-refractivity contribution in [2.45, 2.75) is 121 Å². The van der Waals surface area contributed by atoms with Crippen molar-refractivity contribution in [3.8, 4) is 0 Å². The highest BCUT2D eigenvalue weighted by Gasteiger charge is 2.58. The van der Waals surface area contributed by atoms with Crippen LogP contribution in [-0.2, 0) is 9.59 Å². The van der Waals surface area contributed by atoms with Crippen molar-refractivity contribution in [2.24, 2.45) is 52.3 Å². The molecule has 11 aliphatic carbocycles. The van der Waals surface area contributed by atoms with Crippen LogP contribution in [0.1, 0.15) is 109 Å². The van der Waals surface area contributed by atoms with Crippen LogP contribution in [0, 0.1) is 52.3 Å². The minimum Gasteiger partial charge on any atom is -0.353 e. The molecule has 34 heavy (non-hydrogen) atoms. The van der Waals surface area contributed by atoms with Crippen molar-refractivity contribution in [2.75, 3.05) is 0 Å². The zero-order chi connectivity index (χ0) is 22.7. The van der Waals surface area contributed by atoms with Crippen molar-refractivity contribution in [3.63, 3.8) is 0 Å². The van der Waals surface area contributed by atoms with E-state index in [1.807, 2.05) is 0 Å². The molecule has 4 heteroatoms. The number of nitrogens with one attached hydrogen (secondary N) is 2. The molecule has 186 valence electrons. The highest BCUT2D eigenvalue weighted by molar-refractivity contribution is 5.85. The normalized spacial score (nSPS) is 56.0. The van der Waals surface area contributed by atoms with Gasteiger partial charge in [-0.05, 0) is 151 Å². The first-order chi connectivity index (χ1) is 16.4. The van der Waals surface area contributed by atoms with Gasteiger partial charge in [-0.15, -0.1) is 0 Å². The summed E-state index contributed by atoms with van der Waals surface area (Å²) in [5.41, 5.74) is -0.175. The first-order valence-corrected chi connectivity index (χ1v) is 15.0. The van der Waals surface area contributed by atoms with Gasteiger partial charge in [0.25, 0.3) is 0 Å². The van der Waals surface area contributed by atoms with Gasteiger partial charge in [-0.2, -0.15) is 0 Å². The number of fused-ring (bicyclic) bond motifs is 3. The number of hydrogen-bond donors (Lipinski definition) is 2. The molecule has 1 atom stereocenters. The molecular formula is C30H44N2O2. The molecule has 11 rings (SSSR count). The van der Waals surface area contributed by atoms with E-state index in [0.717, 1.165) is 93.3 Å². The van der Waals surface area contributed by atoms with Crippen molar-refractivity contribution in [1.82, 2.24) is 10.6 Å². The largest absolute Gasteiger partial charge is 0.353 e. The van der Waals surface area contributed by atoms with E-state index in [0.29, 0.717) is 17.7 Å². The number of carbonyl (C=O) groups is 2. The second kappa shape index (κ2) is 7.03. The molecule has 11 aliphatic rings. The quantitative estimate of drug-likeness (QED) is 0.589. The summed E-state index contributed by atoms with van der Waals surface area (Å²) in [6, 6.07) is 0.277. The molecular weight excluding hydrogens is 420 g/mol. The lowest BCUT2D eigenvalue weighted by Crippen LogP contribution is -2.65. The van der Waals surface area contributed by atoms with Crippen LogP contribution in [0.25, 0.3) is 0 Å². The molecule has 0 heterocycles. The Labute approximate surface area is 205 Å². The van der Waals surface area contributed by atoms with Gasteiger partial charge in [-0.25, -0.2) is 0 Å². The third-order valence-corrected chi connectivity index (χ3v) is 12.9. The fraction of sp³-hybridized carbons (Fsp3) is 0.933. The molecule has 2 amide bonds. The van der Waals surface area contributed by atoms with E-state index in [1.165, 1.54) is 51.4 Å². The smallest absolute Gasteiger partial charge is 0.226 e. The van der Waals surface area contributed by atoms with Crippen molar-refractivity contribution in [3.05, 3.63) is 0 Å². The average Bonchev–Trinajstić information content (AvgIpc) is 2.78. The van der Waals surface area contributed by atoms with Gasteiger partial charge in [0, 0.05) is 22.4 Å². The predicted octanol–water partition coefficient (Wildman–Crippen LogP) is 5.35. The standard InChI is InChI=1S/C30H44N2O2/c33-26(28-11-18-5-19(12-28)7-20(6-18)13-28)31-25-17-30(3-1-24(25)2-4-30)32-27(34)29-14-21-8-22(15-29)10-23(9-21)16-29/h18-25H,1-17H2,(H,31,33)(H,32,34). The number of hydrogen-bond acceptors (Lipinski definition) is 2. The lowest BCUT2D eigenvalue weighted by Gasteiger charge is -2.58. The van der Waals surface area contributed by atoms with Gasteiger partial charge in [-0.1, -0.05) is 0 Å². The Bertz CT molecular complexity index is 829. The molecule has 0 aliphatic heterocycles. The minimum absolute atomic E-state index is 0.0545. The molecule has 0 radical (unpaired) electrons. The van der Waals surface area contributed by atoms with Crippen LogP contribution in [-0.4, -0.2) is 23.4 Å². The van der Waals surface area contributed by atoms with Gasteiger partial charge in [0.2, 0.25) is 11.8 Å². The lowest BCUT2D eigenvalue weighted by atomic mass is 9.49. The van der Waals surface area contributed by atoms with Gasteiger partial charge in [0.15, 0.2) is 0 Å². The monoisotopic (exact) mass is 464 g/mol. The SMILES string of the molecule is O=C(NC1CC2(NC(=O)C34CC5CC(CC(C5)C3)C4)CCC1CC2)C12CC3CC(CC(C3)C1)C2. The van der Waals surface area contributed by atoms with Crippen LogP contribution >= 0.6 is 0 Å². The molecule has 0 aromatic heterocycles. The number of amides is 2. The number of rotatable bonds is 4. The Kier molecular flexibility index (Phi) is 4.36. The van der Waals surface area contributed by atoms with E-state index in [9.17, 15) is 9.59 Å². The first kappa shape index (κ1) is 21.1. The van der Waals surface area contributed by atoms with Crippen LogP contribution in [0.2, 0.25) is 0 Å². The Hall–Kier alpha value is -1.06. The third-order valence-electron chi connectivity index (χ3n) is 12.9. The Morgan fingerprint density at radius 3 is 1.41 bits per heavy atom. The molecule has 10 bridgehead atoms. The first-order valence-electron chi connectivity index (χ1n) is 15.0. The lowest BCUT2D eigenvalue weighted by molar-refractivity contribution is -0.151. The summed E-state index contributed by atoms with van der Waals surface area (Å²) in [7, 11) is 0. The van der Waals surface area contributed by atoms with Crippen LogP contribution in [0.4, 0.5) is 0 Å². The van der Waals surface area contributed by atoms with Crippen LogP contribution in [0.5, 0.6) is 0 Å². The fourth-order valence-corrected chi connectivity index (χ4v) is 12.2. The van der Waals surface area contributed by atoms with Gasteiger partial charge in [0.05, 0.1) is 0 Å². The zero-order valence-corrected chi connectivity index (χ0v) is 21.0. The van der Waals surface area contributed by atoms with E-state index in [-0.39, 0.29) is 22.4 Å². The molecule has 11 saturated carbocycles. The fourth-order valence-electron chi connectivity index (χ4n) is 12.2. The van der Waals surface area contributed by atoms with E-state index >= 15 is 0 Å². The van der Waals surface area contributed by atoms with Crippen molar-refractivity contribution < 1.29 is 9.59 Å². The molecule has 0 aromatic carbocycles. The van der Waals surface area contributed by atoms with Gasteiger partial charge in [0.1, 0.15) is 0 Å². The van der Waals surface area contributed by atoms with Gasteiger partial charge < -0.3 is 10.6 Å². The van der Waals surface area contributed by atoms with Crippen molar-refractivity contribution >= 4 is 11.8 Å². The highest BCUT2D eigenvalue weighted by atomic mass is 16.2. The van der Waals surface area contributed by atoms with E-state index in [4.69, 9.17) is 0 Å². The van der Waals surface area contributed by atoms with E-state index in [1.54, 1.807) is 0 Å². The molecule has 4 nitrogen and oxygen atoms in total. The van der Waals surface area contributed by atoms with Crippen LogP contribution in [0.15, 0.2) is 0 Å². The van der Waals surface area contributed by atoms with E-state index in [2.05, 4.69) is 10.6 Å². The topological polar surface area (TPSA) is 58.2 Å². The maximum Gasteiger partial charge on any atom is 0.226 e. The molecule has 11 fully saturated rings. The molecule has 0 aromatic rings. The summed E-state index contributed by atoms with van der Waals surface area (Å²) < 4.78 is 0. The second-order valence-corrected chi connectivity index (χ2v) is 15.3. The summed E-state index contributed by atoms with van der Waals surface area (Å²) >= 11 is 0. The molecule has 0 saturated heterocycles. The Morgan fingerprint density at radius 1 is 0.559 bits per heavy atom. The zero-order valence-electron chi connectivity index (χ0n) is 21.0. The summed E-state index contributed by atoms with van der Waals surface area (Å²) in [5, 5.41) is 7.38. The van der Waals surface area contributed by atoms with Gasteiger partial charge >= 0.3 is 0 Å². The third kappa shape index (κ3) is 3.08. The van der Waals surface area contributed by atoms with Crippen LogP contribution in [0.3, 0.4) is 0 Å². The van der Waals surface area contributed by atoms with E-state index < -0.39 is 0 Å². The second-order valence-electron chi connectivity index (χ2n) is 15.3. The predicted molar refractivity (Wildman–Crippen MR) is 131 cm³/mol. The average molecular weight is 465 g/mol. The maximum atomic E-state index is 13.9. The Balaban J connectivity index is 0.978. The van der Waals surface area contributed by atoms with Gasteiger partial charge in [-0.3, -0.25) is 9.59 Å². The summed E-state index contributed by atoms with van der Waals surface area (Å²) in [4.78, 5) is 27.7. The summed E-state index contributed by atoms with van der Waals surface area (Å²) in [6.45, 7) is 0. The molecule has 1 unspecified atom stereocenters. The summed E-state index contributed by atoms with van der Waals surface area (Å²) in [6.07, 6.45) is 20.8. The molecule has 0 spiro atoms. The van der Waals surface area contributed by atoms with Crippen molar-refractivity contribution in [1.29, 1.82) is 0 Å². The minimum atomic E-state index is -0.0609.